The Morgan fingerprint density at radius 3 is 1.33 bits per heavy atom. The lowest BCUT2D eigenvalue weighted by molar-refractivity contribution is 0.327. The Morgan fingerprint density at radius 1 is 1.00 bits per heavy atom. The summed E-state index contributed by atoms with van der Waals surface area (Å²) < 4.78 is 1.30. The van der Waals surface area contributed by atoms with Crippen molar-refractivity contribution in [1.29, 1.82) is 0 Å². The van der Waals surface area contributed by atoms with E-state index in [1.807, 2.05) is 0 Å². The molecule has 0 saturated carbocycles. The van der Waals surface area contributed by atoms with E-state index >= 15 is 0 Å². The van der Waals surface area contributed by atoms with Crippen molar-refractivity contribution in [3.8, 4) is 0 Å². The summed E-state index contributed by atoms with van der Waals surface area (Å²) in [6.45, 7) is 9.24. The molecule has 0 atom stereocenters. The zero-order chi connectivity index (χ0) is 7.44. The van der Waals surface area contributed by atoms with Gasteiger partial charge in [0.2, 0.25) is 0 Å². The first kappa shape index (κ1) is 9.73. The maximum Gasteiger partial charge on any atom is 0.00285 e. The third-order valence-corrected chi connectivity index (χ3v) is 2.91. The van der Waals surface area contributed by atoms with Gasteiger partial charge in [-0.05, 0) is 17.8 Å². The quantitative estimate of drug-likeness (QED) is 0.524. The molecule has 0 aliphatic heterocycles. The molecule has 0 amide bonds. The van der Waals surface area contributed by atoms with Gasteiger partial charge in [0.1, 0.15) is 0 Å². The number of halogens is 1. The minimum atomic E-state index is 0.849. The molecule has 0 fully saturated rings. The van der Waals surface area contributed by atoms with Gasteiger partial charge in [0.25, 0.3) is 0 Å². The van der Waals surface area contributed by atoms with Crippen molar-refractivity contribution in [1.82, 2.24) is 0 Å². The molecule has 0 bridgehead atoms. The summed E-state index contributed by atoms with van der Waals surface area (Å²) in [5, 5.41) is 0. The Kier molecular flexibility index (Phi) is 4.90. The van der Waals surface area contributed by atoms with Gasteiger partial charge in [0.05, 0.1) is 0 Å². The van der Waals surface area contributed by atoms with E-state index in [0.29, 0.717) is 0 Å². The second-order valence-electron chi connectivity index (χ2n) is 3.31. The van der Waals surface area contributed by atoms with E-state index in [2.05, 4.69) is 50.3 Å². The van der Waals surface area contributed by atoms with Crippen LogP contribution in [0.15, 0.2) is 0 Å². The van der Waals surface area contributed by atoms with Crippen LogP contribution in [0, 0.1) is 17.8 Å². The standard InChI is InChI=1S/C8H17I/c1-6(2)8(5-9)7(3)4/h6-8H,5H2,1-4H3. The van der Waals surface area contributed by atoms with Gasteiger partial charge in [0, 0.05) is 4.43 Å². The van der Waals surface area contributed by atoms with Crippen molar-refractivity contribution >= 4 is 22.6 Å². The Morgan fingerprint density at radius 2 is 1.33 bits per heavy atom. The summed E-state index contributed by atoms with van der Waals surface area (Å²) >= 11 is 2.48. The molecule has 0 heterocycles. The van der Waals surface area contributed by atoms with Crippen LogP contribution in [0.5, 0.6) is 0 Å². The zero-order valence-corrected chi connectivity index (χ0v) is 8.97. The van der Waals surface area contributed by atoms with Gasteiger partial charge >= 0.3 is 0 Å². The molecule has 0 radical (unpaired) electrons. The van der Waals surface area contributed by atoms with Crippen LogP contribution in [0.1, 0.15) is 27.7 Å². The van der Waals surface area contributed by atoms with Gasteiger partial charge < -0.3 is 0 Å². The van der Waals surface area contributed by atoms with Crippen molar-refractivity contribution in [2.75, 3.05) is 4.43 Å². The Bertz CT molecular complexity index is 59.0. The summed E-state index contributed by atoms with van der Waals surface area (Å²) in [5.41, 5.74) is 0. The van der Waals surface area contributed by atoms with Crippen LogP contribution in [0.2, 0.25) is 0 Å². The summed E-state index contributed by atoms with van der Waals surface area (Å²) in [4.78, 5) is 0. The molecular formula is C8H17I. The van der Waals surface area contributed by atoms with E-state index in [1.54, 1.807) is 0 Å². The highest BCUT2D eigenvalue weighted by atomic mass is 127. The minimum absolute atomic E-state index is 0.849. The maximum absolute atomic E-state index is 2.48. The Labute approximate surface area is 72.6 Å². The lowest BCUT2D eigenvalue weighted by Gasteiger charge is -2.21. The topological polar surface area (TPSA) is 0 Å². The van der Waals surface area contributed by atoms with Crippen LogP contribution in [0.25, 0.3) is 0 Å². The molecule has 0 spiro atoms. The van der Waals surface area contributed by atoms with E-state index < -0.39 is 0 Å². The number of rotatable bonds is 3. The fourth-order valence-electron chi connectivity index (χ4n) is 1.13. The molecule has 0 saturated heterocycles. The maximum atomic E-state index is 2.48. The largest absolute Gasteiger partial charge is 0.0861 e. The normalized spacial score (nSPS) is 12.0. The van der Waals surface area contributed by atoms with Gasteiger partial charge in [0.15, 0.2) is 0 Å². The van der Waals surface area contributed by atoms with Crippen molar-refractivity contribution in [2.45, 2.75) is 27.7 Å². The first-order valence-corrected chi connectivity index (χ1v) is 5.18. The Balaban J connectivity index is 3.68. The lowest BCUT2D eigenvalue weighted by Crippen LogP contribution is -2.16. The van der Waals surface area contributed by atoms with Crippen molar-refractivity contribution in [3.63, 3.8) is 0 Å². The average molecular weight is 240 g/mol. The number of hydrogen-bond donors (Lipinski definition) is 0. The predicted molar refractivity (Wildman–Crippen MR) is 52.1 cm³/mol. The SMILES string of the molecule is CC(C)C(CI)C(C)C. The van der Waals surface area contributed by atoms with Gasteiger partial charge in [-0.15, -0.1) is 0 Å². The van der Waals surface area contributed by atoms with Crippen LogP contribution >= 0.6 is 22.6 Å². The van der Waals surface area contributed by atoms with Gasteiger partial charge in [-0.2, -0.15) is 0 Å². The third kappa shape index (κ3) is 3.43. The van der Waals surface area contributed by atoms with Crippen molar-refractivity contribution in [2.24, 2.45) is 17.8 Å². The van der Waals surface area contributed by atoms with Crippen molar-refractivity contribution < 1.29 is 0 Å². The summed E-state index contributed by atoms with van der Waals surface area (Å²) in [7, 11) is 0. The molecule has 56 valence electrons. The van der Waals surface area contributed by atoms with E-state index in [9.17, 15) is 0 Å². The molecule has 0 aliphatic rings. The second kappa shape index (κ2) is 4.53. The summed E-state index contributed by atoms with van der Waals surface area (Å²) in [6, 6.07) is 0. The monoisotopic (exact) mass is 240 g/mol. The van der Waals surface area contributed by atoms with Crippen LogP contribution in [-0.2, 0) is 0 Å². The summed E-state index contributed by atoms with van der Waals surface area (Å²) in [6.07, 6.45) is 0. The second-order valence-corrected chi connectivity index (χ2v) is 4.19. The Hall–Kier alpha value is 0.730. The summed E-state index contributed by atoms with van der Waals surface area (Å²) in [5.74, 6) is 2.61. The predicted octanol–water partition coefficient (Wildman–Crippen LogP) is 3.35. The average Bonchev–Trinajstić information content (AvgIpc) is 1.64. The first-order chi connectivity index (χ1) is 4.09. The lowest BCUT2D eigenvalue weighted by atomic mass is 9.88. The van der Waals surface area contributed by atoms with Gasteiger partial charge in [-0.1, -0.05) is 50.3 Å². The molecule has 0 aromatic carbocycles. The first-order valence-electron chi connectivity index (χ1n) is 3.65. The number of hydrogen-bond acceptors (Lipinski definition) is 0. The smallest absolute Gasteiger partial charge is 0.00285 e. The van der Waals surface area contributed by atoms with Gasteiger partial charge in [-0.3, -0.25) is 0 Å². The minimum Gasteiger partial charge on any atom is -0.0861 e. The molecular weight excluding hydrogens is 223 g/mol. The molecule has 0 aromatic heterocycles. The highest BCUT2D eigenvalue weighted by molar-refractivity contribution is 14.1. The molecule has 0 N–H and O–H groups in total. The van der Waals surface area contributed by atoms with Crippen LogP contribution < -0.4 is 0 Å². The van der Waals surface area contributed by atoms with E-state index in [4.69, 9.17) is 0 Å². The van der Waals surface area contributed by atoms with Gasteiger partial charge in [-0.25, -0.2) is 0 Å². The molecule has 0 rings (SSSR count). The fraction of sp³-hybridized carbons (Fsp3) is 1.00. The van der Waals surface area contributed by atoms with E-state index in [1.165, 1.54) is 4.43 Å². The molecule has 1 heteroatoms. The van der Waals surface area contributed by atoms with Crippen LogP contribution in [0.3, 0.4) is 0 Å². The molecule has 9 heavy (non-hydrogen) atoms. The molecule has 0 aliphatic carbocycles. The molecule has 0 unspecified atom stereocenters. The van der Waals surface area contributed by atoms with Crippen molar-refractivity contribution in [3.05, 3.63) is 0 Å². The highest BCUT2D eigenvalue weighted by Crippen LogP contribution is 2.22. The molecule has 0 nitrogen and oxygen atoms in total. The number of alkyl halides is 1. The highest BCUT2D eigenvalue weighted by Gasteiger charge is 2.14. The van der Waals surface area contributed by atoms with E-state index in [0.717, 1.165) is 17.8 Å². The third-order valence-electron chi connectivity index (χ3n) is 1.89. The molecule has 0 aromatic rings. The fourth-order valence-corrected chi connectivity index (χ4v) is 3.16. The van der Waals surface area contributed by atoms with Crippen LogP contribution in [-0.4, -0.2) is 4.43 Å². The zero-order valence-electron chi connectivity index (χ0n) is 6.82. The van der Waals surface area contributed by atoms with E-state index in [-0.39, 0.29) is 0 Å². The van der Waals surface area contributed by atoms with Crippen LogP contribution in [0.4, 0.5) is 0 Å².